The fraction of sp³-hybridized carbons (Fsp3) is 0.600. The number of alkyl halides is 3. The average Bonchev–Trinajstić information content (AvgIpc) is 2.84. The first kappa shape index (κ1) is 19.1. The Morgan fingerprint density at radius 1 is 1.31 bits per heavy atom. The first-order valence-corrected chi connectivity index (χ1v) is 9.80. The number of hydrogen-bond acceptors (Lipinski definition) is 5. The Morgan fingerprint density at radius 2 is 2.04 bits per heavy atom. The van der Waals surface area contributed by atoms with E-state index in [1.54, 1.807) is 0 Å². The highest BCUT2D eigenvalue weighted by Crippen LogP contribution is 2.29. The second-order valence-electron chi connectivity index (χ2n) is 6.43. The van der Waals surface area contributed by atoms with Crippen LogP contribution in [0.15, 0.2) is 18.3 Å². The maximum atomic E-state index is 12.8. The van der Waals surface area contributed by atoms with E-state index in [4.69, 9.17) is 4.74 Å². The molecule has 0 radical (unpaired) electrons. The van der Waals surface area contributed by atoms with Crippen molar-refractivity contribution in [2.24, 2.45) is 5.92 Å². The van der Waals surface area contributed by atoms with E-state index >= 15 is 0 Å². The molecule has 0 aromatic carbocycles. The number of carbonyl (C=O) groups excluding carboxylic acids is 1. The molecule has 0 saturated carbocycles. The van der Waals surface area contributed by atoms with Gasteiger partial charge >= 0.3 is 6.18 Å². The van der Waals surface area contributed by atoms with Gasteiger partial charge in [0.15, 0.2) is 0 Å². The molecule has 2 fully saturated rings. The summed E-state index contributed by atoms with van der Waals surface area (Å²) >= 11 is 0. The molecule has 0 N–H and O–H groups in total. The molecule has 144 valence electrons. The number of amides is 1. The van der Waals surface area contributed by atoms with E-state index < -0.39 is 27.8 Å². The number of fused-ring (bicyclic) bond motifs is 1. The molecular formula is C15H18F3N3O4S. The number of hydrogen-bond donors (Lipinski definition) is 0. The van der Waals surface area contributed by atoms with Gasteiger partial charge in [0, 0.05) is 43.9 Å². The van der Waals surface area contributed by atoms with Gasteiger partial charge in [0.1, 0.15) is 5.69 Å². The summed E-state index contributed by atoms with van der Waals surface area (Å²) in [4.78, 5) is 17.2. The maximum Gasteiger partial charge on any atom is 0.433 e. The predicted octanol–water partition coefficient (Wildman–Crippen LogP) is 0.833. The summed E-state index contributed by atoms with van der Waals surface area (Å²) in [7, 11) is -3.38. The van der Waals surface area contributed by atoms with Gasteiger partial charge in [-0.2, -0.15) is 17.5 Å². The summed E-state index contributed by atoms with van der Waals surface area (Å²) < 4.78 is 68.8. The zero-order chi connectivity index (χ0) is 19.1. The third-order valence-electron chi connectivity index (χ3n) is 4.55. The van der Waals surface area contributed by atoms with Crippen molar-refractivity contribution in [2.45, 2.75) is 12.3 Å². The maximum absolute atomic E-state index is 12.8. The van der Waals surface area contributed by atoms with Crippen LogP contribution in [0.4, 0.5) is 13.2 Å². The lowest BCUT2D eigenvalue weighted by molar-refractivity contribution is -0.141. The third-order valence-corrected chi connectivity index (χ3v) is 5.82. The Hall–Kier alpha value is -1.72. The van der Waals surface area contributed by atoms with Crippen LogP contribution in [0.3, 0.4) is 0 Å². The monoisotopic (exact) mass is 393 g/mol. The van der Waals surface area contributed by atoms with Crippen molar-refractivity contribution < 1.29 is 31.1 Å². The molecule has 2 aliphatic heterocycles. The molecule has 0 aliphatic carbocycles. The van der Waals surface area contributed by atoms with Crippen molar-refractivity contribution in [3.8, 4) is 0 Å². The Balaban J connectivity index is 1.75. The largest absolute Gasteiger partial charge is 0.433 e. The van der Waals surface area contributed by atoms with Crippen LogP contribution in [0.25, 0.3) is 0 Å². The van der Waals surface area contributed by atoms with Crippen LogP contribution in [0.5, 0.6) is 0 Å². The van der Waals surface area contributed by atoms with Gasteiger partial charge in [0.2, 0.25) is 10.0 Å². The Bertz CT molecular complexity index is 800. The van der Waals surface area contributed by atoms with Crippen molar-refractivity contribution in [3.63, 3.8) is 0 Å². The number of pyridine rings is 1. The quantitative estimate of drug-likeness (QED) is 0.744. The topological polar surface area (TPSA) is 79.8 Å². The lowest BCUT2D eigenvalue weighted by Crippen LogP contribution is -2.37. The second-order valence-corrected chi connectivity index (χ2v) is 8.41. The number of nitrogens with zero attached hydrogens (tertiary/aromatic N) is 3. The van der Waals surface area contributed by atoms with Crippen LogP contribution in [-0.4, -0.2) is 73.7 Å². The number of halogens is 3. The fourth-order valence-corrected chi connectivity index (χ4v) is 4.10. The molecule has 0 bridgehead atoms. The lowest BCUT2D eigenvalue weighted by atomic mass is 10.1. The molecule has 26 heavy (non-hydrogen) atoms. The molecule has 0 spiro atoms. The van der Waals surface area contributed by atoms with Gasteiger partial charge in [0.25, 0.3) is 5.91 Å². The van der Waals surface area contributed by atoms with Crippen molar-refractivity contribution in [1.29, 1.82) is 0 Å². The zero-order valence-electron chi connectivity index (χ0n) is 13.9. The summed E-state index contributed by atoms with van der Waals surface area (Å²) in [6.45, 7) is 1.12. The van der Waals surface area contributed by atoms with Gasteiger partial charge in [0.05, 0.1) is 19.0 Å². The smallest absolute Gasteiger partial charge is 0.375 e. The minimum atomic E-state index is -4.63. The van der Waals surface area contributed by atoms with Gasteiger partial charge in [-0.3, -0.25) is 9.78 Å². The van der Waals surface area contributed by atoms with E-state index in [2.05, 4.69) is 4.98 Å². The summed E-state index contributed by atoms with van der Waals surface area (Å²) in [6, 6.07) is 1.95. The first-order chi connectivity index (χ1) is 12.1. The highest BCUT2D eigenvalue weighted by atomic mass is 32.2. The molecule has 3 rings (SSSR count). The van der Waals surface area contributed by atoms with Crippen LogP contribution in [-0.2, 0) is 20.9 Å². The number of rotatable bonds is 2. The Morgan fingerprint density at radius 3 is 2.69 bits per heavy atom. The number of carbonyl (C=O) groups is 1. The molecule has 11 heteroatoms. The minimum absolute atomic E-state index is 0.108. The van der Waals surface area contributed by atoms with Crippen molar-refractivity contribution in [3.05, 3.63) is 29.6 Å². The highest BCUT2D eigenvalue weighted by molar-refractivity contribution is 7.88. The standard InChI is InChI=1S/C15H18F3N3O4S/c1-26(23,24)21-4-5-25-12-9-20(7-11(12)8-21)14(22)10-2-3-19-13(6-10)15(16,17)18/h2-3,6,11-12H,4-5,7-9H2,1H3/t11-,12-/m1/s1. The zero-order valence-corrected chi connectivity index (χ0v) is 14.8. The molecule has 3 heterocycles. The normalized spacial score (nSPS) is 25.0. The summed E-state index contributed by atoms with van der Waals surface area (Å²) in [6.07, 6.45) is -2.91. The van der Waals surface area contributed by atoms with Gasteiger partial charge < -0.3 is 9.64 Å². The van der Waals surface area contributed by atoms with Crippen LogP contribution in [0.2, 0.25) is 0 Å². The molecule has 1 amide bonds. The predicted molar refractivity (Wildman–Crippen MR) is 84.8 cm³/mol. The van der Waals surface area contributed by atoms with Crippen LogP contribution >= 0.6 is 0 Å². The molecule has 0 unspecified atom stereocenters. The van der Waals surface area contributed by atoms with E-state index in [1.165, 1.54) is 15.3 Å². The molecule has 1 aromatic heterocycles. The van der Waals surface area contributed by atoms with E-state index in [9.17, 15) is 26.4 Å². The summed E-state index contributed by atoms with van der Waals surface area (Å²) in [5, 5.41) is 0. The van der Waals surface area contributed by atoms with E-state index in [1.807, 2.05) is 0 Å². The van der Waals surface area contributed by atoms with Crippen molar-refractivity contribution >= 4 is 15.9 Å². The molecule has 2 saturated heterocycles. The van der Waals surface area contributed by atoms with Gasteiger partial charge in [-0.1, -0.05) is 0 Å². The van der Waals surface area contributed by atoms with Gasteiger partial charge in [-0.15, -0.1) is 0 Å². The van der Waals surface area contributed by atoms with Gasteiger partial charge in [-0.25, -0.2) is 8.42 Å². The summed E-state index contributed by atoms with van der Waals surface area (Å²) in [5.74, 6) is -0.777. The lowest BCUT2D eigenvalue weighted by Gasteiger charge is -2.21. The summed E-state index contributed by atoms with van der Waals surface area (Å²) in [5.41, 5.74) is -1.24. The van der Waals surface area contributed by atoms with Crippen LogP contribution in [0.1, 0.15) is 16.1 Å². The van der Waals surface area contributed by atoms with Crippen LogP contribution in [0, 0.1) is 5.92 Å². The highest BCUT2D eigenvalue weighted by Gasteiger charge is 2.41. The van der Waals surface area contributed by atoms with Gasteiger partial charge in [-0.05, 0) is 12.1 Å². The third kappa shape index (κ3) is 3.99. The van der Waals surface area contributed by atoms with E-state index in [0.29, 0.717) is 0 Å². The Labute approximate surface area is 148 Å². The molecular weight excluding hydrogens is 375 g/mol. The Kier molecular flexibility index (Phi) is 4.97. The first-order valence-electron chi connectivity index (χ1n) is 7.95. The number of aromatic nitrogens is 1. The van der Waals surface area contributed by atoms with Crippen molar-refractivity contribution in [2.75, 3.05) is 39.0 Å². The SMILES string of the molecule is CS(=O)(=O)N1CCO[C@@H]2CN(C(=O)c3ccnc(C(F)(F)F)c3)C[C@@H]2C1. The molecule has 7 nitrogen and oxygen atoms in total. The van der Waals surface area contributed by atoms with E-state index in [0.717, 1.165) is 18.5 Å². The second kappa shape index (κ2) is 6.78. The average molecular weight is 393 g/mol. The molecule has 2 atom stereocenters. The molecule has 2 aliphatic rings. The molecule has 1 aromatic rings. The minimum Gasteiger partial charge on any atom is -0.375 e. The van der Waals surface area contributed by atoms with E-state index in [-0.39, 0.29) is 50.4 Å². The van der Waals surface area contributed by atoms with Crippen molar-refractivity contribution in [1.82, 2.24) is 14.2 Å². The number of sulfonamides is 1. The number of ether oxygens (including phenoxy) is 1. The number of likely N-dealkylation sites (tertiary alicyclic amines) is 1. The van der Waals surface area contributed by atoms with Crippen LogP contribution < -0.4 is 0 Å². The fourth-order valence-electron chi connectivity index (χ4n) is 3.23.